The molecule has 0 saturated heterocycles. The Morgan fingerprint density at radius 3 is 2.15 bits per heavy atom. The molecule has 2 nitrogen and oxygen atoms in total. The van der Waals surface area contributed by atoms with Gasteiger partial charge in [0.25, 0.3) is 0 Å². The predicted octanol–water partition coefficient (Wildman–Crippen LogP) is 1.95. The van der Waals surface area contributed by atoms with E-state index in [1.807, 2.05) is 0 Å². The molecule has 0 unspecified atom stereocenters. The molecule has 0 aromatic rings. The number of hydrogen-bond acceptors (Lipinski definition) is 1. The fraction of sp³-hybridized carbons (Fsp3) is 0.875. The second-order valence-corrected chi connectivity index (χ2v) is 3.54. The molecule has 0 bridgehead atoms. The van der Waals surface area contributed by atoms with Crippen LogP contribution < -0.4 is 0 Å². The molecule has 13 heavy (non-hydrogen) atoms. The van der Waals surface area contributed by atoms with Gasteiger partial charge in [-0.1, -0.05) is 0 Å². The normalized spacial score (nSPS) is 19.8. The first-order chi connectivity index (χ1) is 5.81. The summed E-state index contributed by atoms with van der Waals surface area (Å²) in [6.07, 6.45) is -3.40. The first kappa shape index (κ1) is 10.3. The van der Waals surface area contributed by atoms with Gasteiger partial charge >= 0.3 is 12.1 Å². The molecule has 0 atom stereocenters. The van der Waals surface area contributed by atoms with Crippen molar-refractivity contribution in [1.82, 2.24) is 4.90 Å². The van der Waals surface area contributed by atoms with Gasteiger partial charge in [0.2, 0.25) is 0 Å². The molecule has 1 aliphatic rings. The Bertz CT molecular complexity index is 220. The third-order valence-electron chi connectivity index (χ3n) is 2.43. The van der Waals surface area contributed by atoms with Crippen LogP contribution in [0.1, 0.15) is 26.7 Å². The summed E-state index contributed by atoms with van der Waals surface area (Å²) in [5, 5.41) is 0. The number of amides is 1. The zero-order chi connectivity index (χ0) is 10.3. The van der Waals surface area contributed by atoms with Crippen LogP contribution in [0.25, 0.3) is 0 Å². The Labute approximate surface area is 74.7 Å². The number of alkyl halides is 3. The van der Waals surface area contributed by atoms with Crippen LogP contribution in [-0.2, 0) is 4.79 Å². The second kappa shape index (κ2) is 2.89. The van der Waals surface area contributed by atoms with Gasteiger partial charge in [0.15, 0.2) is 0 Å². The highest BCUT2D eigenvalue weighted by molar-refractivity contribution is 5.82. The second-order valence-electron chi connectivity index (χ2n) is 3.54. The van der Waals surface area contributed by atoms with Crippen molar-refractivity contribution >= 4 is 5.91 Å². The van der Waals surface area contributed by atoms with E-state index in [0.717, 1.165) is 4.90 Å². The molecule has 0 radical (unpaired) electrons. The van der Waals surface area contributed by atoms with Gasteiger partial charge < -0.3 is 4.90 Å². The van der Waals surface area contributed by atoms with Crippen LogP contribution in [0.5, 0.6) is 0 Å². The maximum atomic E-state index is 12.1. The van der Waals surface area contributed by atoms with Crippen LogP contribution >= 0.6 is 0 Å². The number of carbonyl (C=O) groups is 1. The molecule has 76 valence electrons. The van der Waals surface area contributed by atoms with Gasteiger partial charge in [-0.3, -0.25) is 4.79 Å². The van der Waals surface area contributed by atoms with Crippen LogP contribution in [0.15, 0.2) is 0 Å². The average molecular weight is 195 g/mol. The van der Waals surface area contributed by atoms with Crippen LogP contribution in [-0.4, -0.2) is 29.1 Å². The smallest absolute Gasteiger partial charge is 0.330 e. The van der Waals surface area contributed by atoms with Crippen LogP contribution in [0.4, 0.5) is 13.2 Å². The topological polar surface area (TPSA) is 20.3 Å². The summed E-state index contributed by atoms with van der Waals surface area (Å²) < 4.78 is 36.2. The van der Waals surface area contributed by atoms with Gasteiger partial charge in [0.05, 0.1) is 0 Å². The minimum atomic E-state index is -4.73. The Morgan fingerprint density at radius 2 is 1.92 bits per heavy atom. The summed E-state index contributed by atoms with van der Waals surface area (Å²) in [6, 6.07) is 0. The molecule has 0 heterocycles. The predicted molar refractivity (Wildman–Crippen MR) is 41.1 cm³/mol. The number of halogens is 3. The van der Waals surface area contributed by atoms with E-state index in [-0.39, 0.29) is 6.54 Å². The van der Waals surface area contributed by atoms with E-state index in [0.29, 0.717) is 12.8 Å². The number of carbonyl (C=O) groups excluding carboxylic acids is 1. The highest BCUT2D eigenvalue weighted by Gasteiger charge is 2.52. The Hall–Kier alpha value is -0.740. The highest BCUT2D eigenvalue weighted by atomic mass is 19.4. The summed E-state index contributed by atoms with van der Waals surface area (Å²) in [5.41, 5.74) is -0.540. The number of nitrogens with zero attached hydrogens (tertiary/aromatic N) is 1. The summed E-state index contributed by atoms with van der Waals surface area (Å²) in [5.74, 6) is -1.71. The molecular formula is C8H12F3NO. The zero-order valence-corrected chi connectivity index (χ0v) is 7.61. The van der Waals surface area contributed by atoms with Crippen LogP contribution in [0.3, 0.4) is 0 Å². The first-order valence-electron chi connectivity index (χ1n) is 4.20. The lowest BCUT2D eigenvalue weighted by atomic mass is 10.2. The van der Waals surface area contributed by atoms with E-state index in [9.17, 15) is 18.0 Å². The molecule has 1 aliphatic carbocycles. The highest BCUT2D eigenvalue weighted by Crippen LogP contribution is 2.42. The van der Waals surface area contributed by atoms with Gasteiger partial charge in [0, 0.05) is 12.1 Å². The Kier molecular flexibility index (Phi) is 2.30. The van der Waals surface area contributed by atoms with Gasteiger partial charge in [-0.05, 0) is 26.7 Å². The van der Waals surface area contributed by atoms with Gasteiger partial charge in [-0.2, -0.15) is 13.2 Å². The largest absolute Gasteiger partial charge is 0.471 e. The van der Waals surface area contributed by atoms with E-state index < -0.39 is 17.6 Å². The van der Waals surface area contributed by atoms with Crippen molar-refractivity contribution < 1.29 is 18.0 Å². The molecule has 0 aromatic heterocycles. The summed E-state index contributed by atoms with van der Waals surface area (Å²) in [7, 11) is 0. The van der Waals surface area contributed by atoms with Crippen molar-refractivity contribution in [3.63, 3.8) is 0 Å². The van der Waals surface area contributed by atoms with Crippen LogP contribution in [0.2, 0.25) is 0 Å². The van der Waals surface area contributed by atoms with Crippen LogP contribution in [0, 0.1) is 0 Å². The fourth-order valence-electron chi connectivity index (χ4n) is 1.37. The molecule has 1 amide bonds. The summed E-state index contributed by atoms with van der Waals surface area (Å²) >= 11 is 0. The summed E-state index contributed by atoms with van der Waals surface area (Å²) in [4.78, 5) is 11.8. The fourth-order valence-corrected chi connectivity index (χ4v) is 1.37. The Balaban J connectivity index is 2.73. The van der Waals surface area contributed by atoms with E-state index in [4.69, 9.17) is 0 Å². The molecule has 0 aromatic carbocycles. The monoisotopic (exact) mass is 195 g/mol. The van der Waals surface area contributed by atoms with Crippen molar-refractivity contribution in [2.75, 3.05) is 6.54 Å². The minimum Gasteiger partial charge on any atom is -0.330 e. The molecule has 1 rings (SSSR count). The van der Waals surface area contributed by atoms with E-state index >= 15 is 0 Å². The lowest BCUT2D eigenvalue weighted by molar-refractivity contribution is -0.188. The van der Waals surface area contributed by atoms with E-state index in [1.165, 1.54) is 0 Å². The number of hydrogen-bond donors (Lipinski definition) is 0. The average Bonchev–Trinajstić information content (AvgIpc) is 2.68. The van der Waals surface area contributed by atoms with Gasteiger partial charge in [0.1, 0.15) is 0 Å². The third-order valence-corrected chi connectivity index (χ3v) is 2.43. The molecule has 0 aliphatic heterocycles. The number of rotatable bonds is 2. The lowest BCUT2D eigenvalue weighted by Crippen LogP contribution is -2.47. The van der Waals surface area contributed by atoms with E-state index in [2.05, 4.69) is 0 Å². The Morgan fingerprint density at radius 1 is 1.46 bits per heavy atom. The van der Waals surface area contributed by atoms with Crippen molar-refractivity contribution in [3.05, 3.63) is 0 Å². The molecule has 0 N–H and O–H groups in total. The first-order valence-corrected chi connectivity index (χ1v) is 4.20. The van der Waals surface area contributed by atoms with Crippen molar-refractivity contribution in [2.45, 2.75) is 38.4 Å². The maximum Gasteiger partial charge on any atom is 0.471 e. The SMILES string of the molecule is CCN(C(=O)C(F)(F)F)C1(C)CC1. The third kappa shape index (κ3) is 1.95. The van der Waals surface area contributed by atoms with E-state index in [1.54, 1.807) is 13.8 Å². The quantitative estimate of drug-likeness (QED) is 0.659. The molecule has 5 heteroatoms. The van der Waals surface area contributed by atoms with Gasteiger partial charge in [-0.25, -0.2) is 0 Å². The standard InChI is InChI=1S/C8H12F3NO/c1-3-12(7(2)4-5-7)6(13)8(9,10)11/h3-5H2,1-2H3. The maximum absolute atomic E-state index is 12.1. The summed E-state index contributed by atoms with van der Waals surface area (Å²) in [6.45, 7) is 3.36. The zero-order valence-electron chi connectivity index (χ0n) is 7.61. The molecule has 1 saturated carbocycles. The van der Waals surface area contributed by atoms with Crippen molar-refractivity contribution in [3.8, 4) is 0 Å². The van der Waals surface area contributed by atoms with Gasteiger partial charge in [-0.15, -0.1) is 0 Å². The molecule has 1 fully saturated rings. The van der Waals surface area contributed by atoms with Crippen molar-refractivity contribution in [2.24, 2.45) is 0 Å². The lowest BCUT2D eigenvalue weighted by Gasteiger charge is -2.28. The molecular weight excluding hydrogens is 183 g/mol. The minimum absolute atomic E-state index is 0.120. The van der Waals surface area contributed by atoms with Crippen molar-refractivity contribution in [1.29, 1.82) is 0 Å². The molecule has 0 spiro atoms.